The van der Waals surface area contributed by atoms with Crippen LogP contribution < -0.4 is 0 Å². The number of aromatic nitrogens is 1. The number of hydrogen-bond acceptors (Lipinski definition) is 3. The molecule has 1 aliphatic rings. The van der Waals surface area contributed by atoms with Crippen LogP contribution in [0.15, 0.2) is 29.5 Å². The summed E-state index contributed by atoms with van der Waals surface area (Å²) in [5.41, 5.74) is 1.09. The lowest BCUT2D eigenvalue weighted by Gasteiger charge is -2.14. The van der Waals surface area contributed by atoms with Crippen molar-refractivity contribution in [3.63, 3.8) is 0 Å². The van der Waals surface area contributed by atoms with Gasteiger partial charge >= 0.3 is 0 Å². The molecule has 0 radical (unpaired) electrons. The van der Waals surface area contributed by atoms with Crippen molar-refractivity contribution in [1.82, 2.24) is 8.21 Å². The van der Waals surface area contributed by atoms with Crippen LogP contribution in [-0.2, 0) is 0 Å². The molecule has 1 aromatic heterocycles. The van der Waals surface area contributed by atoms with Gasteiger partial charge in [0.15, 0.2) is 0 Å². The van der Waals surface area contributed by atoms with Gasteiger partial charge in [-0.15, -0.1) is 0 Å². The maximum Gasteiger partial charge on any atom is 0.105 e. The fourth-order valence-corrected chi connectivity index (χ4v) is 1.88. The molecule has 0 aromatic carbocycles. The van der Waals surface area contributed by atoms with Crippen molar-refractivity contribution in [2.45, 2.75) is 12.5 Å². The first-order chi connectivity index (χ1) is 5.88. The smallest absolute Gasteiger partial charge is 0.105 e. The molecule has 1 unspecified atom stereocenters. The summed E-state index contributed by atoms with van der Waals surface area (Å²) in [4.78, 5) is 4.28. The highest BCUT2D eigenvalue weighted by Gasteiger charge is 2.21. The monoisotopic (exact) mass is 273 g/mol. The molecule has 2 heterocycles. The third-order valence-electron chi connectivity index (χ3n) is 1.81. The quantitative estimate of drug-likeness (QED) is 0.579. The Kier molecular flexibility index (Phi) is 2.25. The van der Waals surface area contributed by atoms with Gasteiger partial charge in [-0.25, -0.2) is 3.22 Å². The lowest BCUT2D eigenvalue weighted by molar-refractivity contribution is 0.446. The Hall–Kier alpha value is -0.650. The molecule has 2 rings (SSSR count). The van der Waals surface area contributed by atoms with E-state index in [0.717, 1.165) is 12.1 Å². The van der Waals surface area contributed by atoms with Crippen LogP contribution in [0, 0.1) is 0 Å². The molecule has 0 saturated heterocycles. The van der Waals surface area contributed by atoms with Gasteiger partial charge in [-0.05, 0) is 12.1 Å². The van der Waals surface area contributed by atoms with Crippen molar-refractivity contribution in [3.05, 3.63) is 30.1 Å². The van der Waals surface area contributed by atoms with Gasteiger partial charge in [0, 0.05) is 18.8 Å². The first kappa shape index (κ1) is 7.97. The van der Waals surface area contributed by atoms with Crippen LogP contribution in [-0.4, -0.2) is 14.4 Å². The van der Waals surface area contributed by atoms with Crippen LogP contribution in [0.3, 0.4) is 0 Å². The van der Waals surface area contributed by atoms with Crippen LogP contribution in [0.1, 0.15) is 18.2 Å². The summed E-state index contributed by atoms with van der Waals surface area (Å²) in [6.45, 7) is 0. The fraction of sp³-hybridized carbons (Fsp3) is 0.250. The van der Waals surface area contributed by atoms with Crippen molar-refractivity contribution in [3.8, 4) is 0 Å². The molecule has 0 fully saturated rings. The van der Waals surface area contributed by atoms with Crippen molar-refractivity contribution < 1.29 is 0 Å². The highest BCUT2D eigenvalue weighted by atomic mass is 127. The second-order valence-electron chi connectivity index (χ2n) is 2.59. The second kappa shape index (κ2) is 3.38. The standard InChI is InChI=1S/C8H8IN3/c9-12-8(4-6-11-12)7-3-1-2-5-10-7/h1-3,5-6,8H,4H2. The summed E-state index contributed by atoms with van der Waals surface area (Å²) in [5.74, 6) is 0. The van der Waals surface area contributed by atoms with Gasteiger partial charge in [0.2, 0.25) is 0 Å². The topological polar surface area (TPSA) is 28.5 Å². The third-order valence-corrected chi connectivity index (χ3v) is 2.73. The molecule has 4 heteroatoms. The zero-order valence-electron chi connectivity index (χ0n) is 6.39. The summed E-state index contributed by atoms with van der Waals surface area (Å²) in [5, 5.41) is 4.15. The number of halogens is 1. The van der Waals surface area contributed by atoms with Gasteiger partial charge in [0.05, 0.1) is 28.6 Å². The molecule has 0 aliphatic carbocycles. The molecule has 3 nitrogen and oxygen atoms in total. The number of rotatable bonds is 1. The molecule has 0 amide bonds. The molecule has 1 aromatic rings. The molecule has 12 heavy (non-hydrogen) atoms. The molecular formula is C8H8IN3. The van der Waals surface area contributed by atoms with E-state index in [1.165, 1.54) is 0 Å². The van der Waals surface area contributed by atoms with Crippen molar-refractivity contribution in [1.29, 1.82) is 0 Å². The van der Waals surface area contributed by atoms with Crippen molar-refractivity contribution in [2.75, 3.05) is 0 Å². The summed E-state index contributed by atoms with van der Waals surface area (Å²) in [7, 11) is 0. The largest absolute Gasteiger partial charge is 0.259 e. The van der Waals surface area contributed by atoms with E-state index in [-0.39, 0.29) is 0 Å². The van der Waals surface area contributed by atoms with E-state index in [0.29, 0.717) is 6.04 Å². The number of pyridine rings is 1. The molecule has 0 N–H and O–H groups in total. The average molecular weight is 273 g/mol. The number of hydrazone groups is 1. The van der Waals surface area contributed by atoms with E-state index >= 15 is 0 Å². The minimum Gasteiger partial charge on any atom is -0.259 e. The minimum atomic E-state index is 0.326. The zero-order valence-corrected chi connectivity index (χ0v) is 8.55. The van der Waals surface area contributed by atoms with Crippen LogP contribution >= 0.6 is 22.9 Å². The predicted octanol–water partition coefficient (Wildman–Crippen LogP) is 2.16. The van der Waals surface area contributed by atoms with Crippen LogP contribution in [0.2, 0.25) is 0 Å². The first-order valence-electron chi connectivity index (χ1n) is 3.76. The van der Waals surface area contributed by atoms with Crippen LogP contribution in [0.5, 0.6) is 0 Å². The van der Waals surface area contributed by atoms with E-state index in [2.05, 4.69) is 32.9 Å². The fourth-order valence-electron chi connectivity index (χ4n) is 1.20. The summed E-state index contributed by atoms with van der Waals surface area (Å²) < 4.78 is 1.92. The Labute approximate surface area is 85.0 Å². The van der Waals surface area contributed by atoms with E-state index in [4.69, 9.17) is 0 Å². The Morgan fingerprint density at radius 3 is 3.00 bits per heavy atom. The lowest BCUT2D eigenvalue weighted by atomic mass is 10.1. The first-order valence-corrected chi connectivity index (χ1v) is 4.73. The Morgan fingerprint density at radius 2 is 2.42 bits per heavy atom. The van der Waals surface area contributed by atoms with Gasteiger partial charge in [-0.1, -0.05) is 6.07 Å². The molecule has 1 atom stereocenters. The molecule has 0 spiro atoms. The number of hydrogen-bond donors (Lipinski definition) is 0. The Balaban J connectivity index is 2.22. The Morgan fingerprint density at radius 1 is 1.50 bits per heavy atom. The highest BCUT2D eigenvalue weighted by molar-refractivity contribution is 14.1. The van der Waals surface area contributed by atoms with Crippen LogP contribution in [0.4, 0.5) is 0 Å². The van der Waals surface area contributed by atoms with Gasteiger partial charge in [0.1, 0.15) is 6.04 Å². The predicted molar refractivity (Wildman–Crippen MR) is 55.9 cm³/mol. The average Bonchev–Trinajstić information content (AvgIpc) is 2.53. The maximum atomic E-state index is 4.28. The molecule has 62 valence electrons. The van der Waals surface area contributed by atoms with Gasteiger partial charge in [-0.2, -0.15) is 5.10 Å². The number of nitrogens with zero attached hydrogens (tertiary/aromatic N) is 3. The lowest BCUT2D eigenvalue weighted by Crippen LogP contribution is -2.08. The van der Waals surface area contributed by atoms with Gasteiger partial charge in [0.25, 0.3) is 0 Å². The highest BCUT2D eigenvalue weighted by Crippen LogP contribution is 2.29. The summed E-state index contributed by atoms with van der Waals surface area (Å²) >= 11 is 2.19. The van der Waals surface area contributed by atoms with E-state index in [9.17, 15) is 0 Å². The third kappa shape index (κ3) is 1.43. The summed E-state index contributed by atoms with van der Waals surface area (Å²) in [6.07, 6.45) is 4.70. The SMILES string of the molecule is IN1N=CCC1c1ccccn1. The molecule has 0 bridgehead atoms. The van der Waals surface area contributed by atoms with Crippen LogP contribution in [0.25, 0.3) is 0 Å². The second-order valence-corrected chi connectivity index (χ2v) is 3.58. The minimum absolute atomic E-state index is 0.326. The van der Waals surface area contributed by atoms with Gasteiger partial charge < -0.3 is 0 Å². The maximum absolute atomic E-state index is 4.28. The molecule has 0 saturated carbocycles. The van der Waals surface area contributed by atoms with E-state index < -0.39 is 0 Å². The Bertz CT molecular complexity index is 286. The van der Waals surface area contributed by atoms with E-state index in [1.807, 2.05) is 33.8 Å². The van der Waals surface area contributed by atoms with E-state index in [1.54, 1.807) is 0 Å². The summed E-state index contributed by atoms with van der Waals surface area (Å²) in [6, 6.07) is 6.29. The zero-order chi connectivity index (χ0) is 8.39. The van der Waals surface area contributed by atoms with Crippen molar-refractivity contribution >= 4 is 29.1 Å². The normalized spacial score (nSPS) is 21.8. The molecular weight excluding hydrogens is 265 g/mol. The van der Waals surface area contributed by atoms with Gasteiger partial charge in [-0.3, -0.25) is 4.98 Å². The molecule has 1 aliphatic heterocycles. The van der Waals surface area contributed by atoms with Crippen molar-refractivity contribution in [2.24, 2.45) is 5.10 Å².